The molecule has 0 saturated heterocycles. The number of rotatable bonds is 14. The molecule has 31 heavy (non-hydrogen) atoms. The number of benzene rings is 1. The van der Waals surface area contributed by atoms with Gasteiger partial charge in [0.05, 0.1) is 10.8 Å². The zero-order valence-electron chi connectivity index (χ0n) is 18.6. The van der Waals surface area contributed by atoms with Crippen LogP contribution in [0.3, 0.4) is 0 Å². The summed E-state index contributed by atoms with van der Waals surface area (Å²) in [4.78, 5) is 22.3. The Morgan fingerprint density at radius 1 is 0.903 bits per heavy atom. The number of aryl methyl sites for hydroxylation is 1. The first-order chi connectivity index (χ1) is 14.5. The Morgan fingerprint density at radius 3 is 2.10 bits per heavy atom. The van der Waals surface area contributed by atoms with E-state index in [-0.39, 0.29) is 17.2 Å². The second kappa shape index (κ2) is 10.2. The Morgan fingerprint density at radius 2 is 1.52 bits per heavy atom. The molecule has 7 nitrogen and oxygen atoms in total. The summed E-state index contributed by atoms with van der Waals surface area (Å²) in [6.45, 7) is 3.39. The van der Waals surface area contributed by atoms with Gasteiger partial charge in [0, 0.05) is 11.1 Å². The largest absolute Gasteiger partial charge is 0.508 e. The minimum atomic E-state index is -0.822. The SMILES string of the molecule is CC(C)(CCCCCc1c(O)cc(CCCCCC2(C(=O)O)CC2)c(O)c1O)C(=O)O. The van der Waals surface area contributed by atoms with Crippen LogP contribution in [0.1, 0.15) is 89.2 Å². The van der Waals surface area contributed by atoms with Gasteiger partial charge in [0.2, 0.25) is 0 Å². The fourth-order valence-corrected chi connectivity index (χ4v) is 4.00. The van der Waals surface area contributed by atoms with Crippen molar-refractivity contribution in [2.45, 2.75) is 90.9 Å². The van der Waals surface area contributed by atoms with Crippen LogP contribution in [0, 0.1) is 10.8 Å². The second-order valence-electron chi connectivity index (χ2n) is 9.63. The normalized spacial score (nSPS) is 15.0. The molecule has 5 N–H and O–H groups in total. The van der Waals surface area contributed by atoms with Crippen molar-refractivity contribution in [3.8, 4) is 17.2 Å². The van der Waals surface area contributed by atoms with E-state index in [1.54, 1.807) is 13.8 Å². The van der Waals surface area contributed by atoms with Crippen LogP contribution in [-0.4, -0.2) is 37.5 Å². The molecule has 0 bridgehead atoms. The lowest BCUT2D eigenvalue weighted by Crippen LogP contribution is -2.23. The van der Waals surface area contributed by atoms with E-state index in [0.717, 1.165) is 44.9 Å². The Kier molecular flexibility index (Phi) is 8.21. The quantitative estimate of drug-likeness (QED) is 0.158. The molecule has 0 heterocycles. The molecule has 1 aliphatic carbocycles. The fraction of sp³-hybridized carbons (Fsp3) is 0.667. The van der Waals surface area contributed by atoms with Crippen LogP contribution >= 0.6 is 0 Å². The van der Waals surface area contributed by atoms with Crippen molar-refractivity contribution < 1.29 is 35.1 Å². The maximum absolute atomic E-state index is 11.2. The number of aliphatic carboxylic acids is 2. The first-order valence-electron chi connectivity index (χ1n) is 11.2. The zero-order valence-corrected chi connectivity index (χ0v) is 18.6. The summed E-state index contributed by atoms with van der Waals surface area (Å²) in [7, 11) is 0. The molecule has 0 atom stereocenters. The molecule has 7 heteroatoms. The van der Waals surface area contributed by atoms with E-state index in [0.29, 0.717) is 43.2 Å². The summed E-state index contributed by atoms with van der Waals surface area (Å²) >= 11 is 0. The van der Waals surface area contributed by atoms with Crippen LogP contribution in [0.25, 0.3) is 0 Å². The highest BCUT2D eigenvalue weighted by molar-refractivity contribution is 5.77. The van der Waals surface area contributed by atoms with Gasteiger partial charge in [-0.25, -0.2) is 0 Å². The summed E-state index contributed by atoms with van der Waals surface area (Å²) < 4.78 is 0. The summed E-state index contributed by atoms with van der Waals surface area (Å²) in [6, 6.07) is 1.50. The smallest absolute Gasteiger partial charge is 0.309 e. The highest BCUT2D eigenvalue weighted by Gasteiger charge is 2.49. The van der Waals surface area contributed by atoms with Crippen molar-refractivity contribution >= 4 is 11.9 Å². The first-order valence-corrected chi connectivity index (χ1v) is 11.2. The number of carbonyl (C=O) groups is 2. The van der Waals surface area contributed by atoms with E-state index >= 15 is 0 Å². The lowest BCUT2D eigenvalue weighted by Gasteiger charge is -2.18. The molecule has 0 aliphatic heterocycles. The monoisotopic (exact) mass is 436 g/mol. The maximum atomic E-state index is 11.2. The number of unbranched alkanes of at least 4 members (excludes halogenated alkanes) is 4. The summed E-state index contributed by atoms with van der Waals surface area (Å²) in [5.74, 6) is -2.06. The van der Waals surface area contributed by atoms with Gasteiger partial charge in [-0.05, 0) is 71.3 Å². The topological polar surface area (TPSA) is 135 Å². The van der Waals surface area contributed by atoms with Gasteiger partial charge >= 0.3 is 11.9 Å². The van der Waals surface area contributed by atoms with E-state index < -0.39 is 22.8 Å². The van der Waals surface area contributed by atoms with Crippen LogP contribution in [-0.2, 0) is 22.4 Å². The third-order valence-electron chi connectivity index (χ3n) is 6.65. The van der Waals surface area contributed by atoms with Crippen molar-refractivity contribution in [3.63, 3.8) is 0 Å². The van der Waals surface area contributed by atoms with Crippen molar-refractivity contribution in [3.05, 3.63) is 17.2 Å². The molecule has 1 aromatic carbocycles. The Balaban J connectivity index is 1.79. The number of hydrogen-bond acceptors (Lipinski definition) is 5. The van der Waals surface area contributed by atoms with Crippen molar-refractivity contribution in [2.75, 3.05) is 0 Å². The number of phenolic OH excluding ortho intramolecular Hbond substituents is 3. The van der Waals surface area contributed by atoms with E-state index in [9.17, 15) is 30.0 Å². The molecule has 174 valence electrons. The second-order valence-corrected chi connectivity index (χ2v) is 9.63. The van der Waals surface area contributed by atoms with E-state index in [1.165, 1.54) is 6.07 Å². The van der Waals surface area contributed by atoms with E-state index in [1.807, 2.05) is 0 Å². The van der Waals surface area contributed by atoms with Gasteiger partial charge in [-0.2, -0.15) is 0 Å². The number of hydrogen-bond donors (Lipinski definition) is 5. The predicted molar refractivity (Wildman–Crippen MR) is 117 cm³/mol. The number of carboxylic acid groups (broad SMARTS) is 2. The molecule has 0 unspecified atom stereocenters. The fourth-order valence-electron chi connectivity index (χ4n) is 4.00. The van der Waals surface area contributed by atoms with Crippen molar-refractivity contribution in [1.82, 2.24) is 0 Å². The van der Waals surface area contributed by atoms with Gasteiger partial charge in [-0.3, -0.25) is 9.59 Å². The average molecular weight is 437 g/mol. The average Bonchev–Trinajstić information content (AvgIpc) is 3.48. The molecular weight excluding hydrogens is 400 g/mol. The van der Waals surface area contributed by atoms with Crippen LogP contribution in [0.2, 0.25) is 0 Å². The van der Waals surface area contributed by atoms with E-state index in [2.05, 4.69) is 0 Å². The molecule has 0 amide bonds. The first kappa shape index (κ1) is 24.8. The minimum Gasteiger partial charge on any atom is -0.508 e. The molecule has 2 rings (SSSR count). The van der Waals surface area contributed by atoms with Crippen LogP contribution < -0.4 is 0 Å². The molecule has 1 aromatic rings. The van der Waals surface area contributed by atoms with Gasteiger partial charge < -0.3 is 25.5 Å². The summed E-state index contributed by atoms with van der Waals surface area (Å²) in [6.07, 6.45) is 8.16. The van der Waals surface area contributed by atoms with Crippen molar-refractivity contribution in [1.29, 1.82) is 0 Å². The number of carboxylic acids is 2. The number of phenols is 3. The molecule has 0 spiro atoms. The van der Waals surface area contributed by atoms with Crippen LogP contribution in [0.15, 0.2) is 6.07 Å². The molecule has 1 aliphatic rings. The Labute approximate surface area is 183 Å². The highest BCUT2D eigenvalue weighted by Crippen LogP contribution is 2.50. The maximum Gasteiger partial charge on any atom is 0.309 e. The minimum absolute atomic E-state index is 0.0426. The standard InChI is InChI=1S/C24H36O7/c1-23(2,21(28)29)11-7-4-6-10-17-18(25)15-16(19(26)20(17)27)9-5-3-8-12-24(13-14-24)22(30)31/h15,25-27H,3-14H2,1-2H3,(H,28,29)(H,30,31). The van der Waals surface area contributed by atoms with Crippen LogP contribution in [0.5, 0.6) is 17.2 Å². The highest BCUT2D eigenvalue weighted by atomic mass is 16.4. The van der Waals surface area contributed by atoms with E-state index in [4.69, 9.17) is 5.11 Å². The molecular formula is C24H36O7. The zero-order chi connectivity index (χ0) is 23.2. The Bertz CT molecular complexity index is 794. The summed E-state index contributed by atoms with van der Waals surface area (Å²) in [5, 5.41) is 49.3. The van der Waals surface area contributed by atoms with Crippen molar-refractivity contribution in [2.24, 2.45) is 10.8 Å². The molecule has 1 fully saturated rings. The molecule has 1 saturated carbocycles. The van der Waals surface area contributed by atoms with Gasteiger partial charge in [-0.1, -0.05) is 25.7 Å². The predicted octanol–water partition coefficient (Wildman–Crippen LogP) is 4.98. The van der Waals surface area contributed by atoms with Gasteiger partial charge in [-0.15, -0.1) is 0 Å². The lowest BCUT2D eigenvalue weighted by molar-refractivity contribution is -0.147. The third kappa shape index (κ3) is 6.52. The molecule has 0 aromatic heterocycles. The van der Waals surface area contributed by atoms with Gasteiger partial charge in [0.1, 0.15) is 5.75 Å². The number of aromatic hydroxyl groups is 3. The van der Waals surface area contributed by atoms with Gasteiger partial charge in [0.25, 0.3) is 0 Å². The van der Waals surface area contributed by atoms with Crippen LogP contribution in [0.4, 0.5) is 0 Å². The third-order valence-corrected chi connectivity index (χ3v) is 6.65. The summed E-state index contributed by atoms with van der Waals surface area (Å²) in [5.41, 5.74) is -0.474. The van der Waals surface area contributed by atoms with Gasteiger partial charge in [0.15, 0.2) is 11.5 Å². The molecule has 0 radical (unpaired) electrons. The lowest BCUT2D eigenvalue weighted by atomic mass is 9.87. The Hall–Kier alpha value is -2.44.